The number of anilines is 1. The molecule has 2 heterocycles. The fourth-order valence-electron chi connectivity index (χ4n) is 2.67. The quantitative estimate of drug-likeness (QED) is 0.853. The van der Waals surface area contributed by atoms with Crippen LogP contribution in [0.4, 0.5) is 5.82 Å². The van der Waals surface area contributed by atoms with Crippen molar-refractivity contribution in [1.29, 1.82) is 0 Å². The number of aryl methyl sites for hydroxylation is 1. The SMILES string of the molecule is Cc1ccnc(N)c1CN1CCCC(C(C)O)C1. The van der Waals surface area contributed by atoms with Crippen molar-refractivity contribution in [3.05, 3.63) is 23.4 Å². The fourth-order valence-corrected chi connectivity index (χ4v) is 2.67. The van der Waals surface area contributed by atoms with E-state index in [1.807, 2.05) is 13.0 Å². The Morgan fingerprint density at radius 2 is 2.39 bits per heavy atom. The zero-order valence-corrected chi connectivity index (χ0v) is 11.3. The molecule has 0 spiro atoms. The molecule has 1 aliphatic rings. The van der Waals surface area contributed by atoms with E-state index in [9.17, 15) is 5.11 Å². The molecule has 1 aromatic rings. The van der Waals surface area contributed by atoms with Gasteiger partial charge in [-0.2, -0.15) is 0 Å². The first-order chi connectivity index (χ1) is 8.58. The van der Waals surface area contributed by atoms with Crippen molar-refractivity contribution < 1.29 is 5.11 Å². The highest BCUT2D eigenvalue weighted by Gasteiger charge is 2.24. The number of rotatable bonds is 3. The summed E-state index contributed by atoms with van der Waals surface area (Å²) in [7, 11) is 0. The van der Waals surface area contributed by atoms with Crippen LogP contribution in [0.5, 0.6) is 0 Å². The number of aliphatic hydroxyl groups excluding tert-OH is 1. The number of nitrogen functional groups attached to an aromatic ring is 1. The topological polar surface area (TPSA) is 62.4 Å². The molecule has 4 heteroatoms. The Morgan fingerprint density at radius 3 is 3.06 bits per heavy atom. The van der Waals surface area contributed by atoms with Gasteiger partial charge in [-0.15, -0.1) is 0 Å². The van der Waals surface area contributed by atoms with Crippen LogP contribution in [0.25, 0.3) is 0 Å². The highest BCUT2D eigenvalue weighted by atomic mass is 16.3. The lowest BCUT2D eigenvalue weighted by atomic mass is 9.93. The third kappa shape index (κ3) is 3.00. The number of nitrogens with two attached hydrogens (primary N) is 1. The number of aliphatic hydroxyl groups is 1. The lowest BCUT2D eigenvalue weighted by Crippen LogP contribution is -2.39. The predicted molar refractivity (Wildman–Crippen MR) is 73.1 cm³/mol. The van der Waals surface area contributed by atoms with Gasteiger partial charge in [-0.05, 0) is 50.8 Å². The Hall–Kier alpha value is -1.13. The Kier molecular flexibility index (Phi) is 4.19. The van der Waals surface area contributed by atoms with Gasteiger partial charge in [-0.25, -0.2) is 4.98 Å². The van der Waals surface area contributed by atoms with Crippen LogP contribution < -0.4 is 5.73 Å². The Bertz CT molecular complexity index is 386. The first kappa shape index (κ1) is 13.3. The fraction of sp³-hybridized carbons (Fsp3) is 0.643. The summed E-state index contributed by atoms with van der Waals surface area (Å²) in [4.78, 5) is 6.54. The number of hydrogen-bond acceptors (Lipinski definition) is 4. The van der Waals surface area contributed by atoms with Gasteiger partial charge in [-0.1, -0.05) is 0 Å². The molecule has 0 radical (unpaired) electrons. The molecule has 2 atom stereocenters. The molecule has 3 N–H and O–H groups in total. The van der Waals surface area contributed by atoms with Gasteiger partial charge in [0.05, 0.1) is 6.10 Å². The van der Waals surface area contributed by atoms with Gasteiger partial charge >= 0.3 is 0 Å². The lowest BCUT2D eigenvalue weighted by Gasteiger charge is -2.34. The molecular weight excluding hydrogens is 226 g/mol. The summed E-state index contributed by atoms with van der Waals surface area (Å²) in [5, 5.41) is 9.71. The molecule has 2 rings (SSSR count). The summed E-state index contributed by atoms with van der Waals surface area (Å²) in [6.07, 6.45) is 3.80. The Balaban J connectivity index is 2.05. The van der Waals surface area contributed by atoms with Crippen molar-refractivity contribution in [1.82, 2.24) is 9.88 Å². The first-order valence-corrected chi connectivity index (χ1v) is 6.68. The number of likely N-dealkylation sites (tertiary alicyclic amines) is 1. The molecule has 0 aliphatic carbocycles. The number of aromatic nitrogens is 1. The van der Waals surface area contributed by atoms with Crippen LogP contribution in [0.3, 0.4) is 0 Å². The van der Waals surface area contributed by atoms with Crippen molar-refractivity contribution in [2.24, 2.45) is 5.92 Å². The highest BCUT2D eigenvalue weighted by molar-refractivity contribution is 5.43. The van der Waals surface area contributed by atoms with Crippen LogP contribution in [0.2, 0.25) is 0 Å². The summed E-state index contributed by atoms with van der Waals surface area (Å²) in [6, 6.07) is 2.00. The number of hydrogen-bond donors (Lipinski definition) is 2. The van der Waals surface area contributed by atoms with Crippen molar-refractivity contribution >= 4 is 5.82 Å². The van der Waals surface area contributed by atoms with E-state index in [-0.39, 0.29) is 6.10 Å². The Labute approximate surface area is 109 Å². The molecule has 0 amide bonds. The maximum Gasteiger partial charge on any atom is 0.128 e. The summed E-state index contributed by atoms with van der Waals surface area (Å²) in [6.45, 7) is 6.83. The van der Waals surface area contributed by atoms with E-state index in [0.717, 1.165) is 38.0 Å². The summed E-state index contributed by atoms with van der Waals surface area (Å²) in [5.41, 5.74) is 8.27. The standard InChI is InChI=1S/C14H23N3O/c1-10-5-6-16-14(15)13(10)9-17-7-3-4-12(8-17)11(2)18/h5-6,11-12,18H,3-4,7-9H2,1-2H3,(H2,15,16). The molecule has 2 unspecified atom stereocenters. The zero-order valence-electron chi connectivity index (χ0n) is 11.3. The maximum absolute atomic E-state index is 9.71. The van der Waals surface area contributed by atoms with E-state index >= 15 is 0 Å². The molecule has 1 aromatic heterocycles. The molecule has 0 aromatic carbocycles. The molecule has 1 saturated heterocycles. The minimum atomic E-state index is -0.222. The van der Waals surface area contributed by atoms with Crippen LogP contribution in [-0.4, -0.2) is 34.2 Å². The second-order valence-electron chi connectivity index (χ2n) is 5.37. The van der Waals surface area contributed by atoms with Gasteiger partial charge in [0.15, 0.2) is 0 Å². The average Bonchev–Trinajstić information content (AvgIpc) is 2.34. The normalized spacial score (nSPS) is 22.9. The molecule has 0 bridgehead atoms. The summed E-state index contributed by atoms with van der Waals surface area (Å²) < 4.78 is 0. The predicted octanol–water partition coefficient (Wildman–Crippen LogP) is 1.57. The van der Waals surface area contributed by atoms with Gasteiger partial charge in [0.25, 0.3) is 0 Å². The van der Waals surface area contributed by atoms with Crippen molar-refractivity contribution in [3.8, 4) is 0 Å². The van der Waals surface area contributed by atoms with Crippen molar-refractivity contribution in [2.45, 2.75) is 39.3 Å². The van der Waals surface area contributed by atoms with Crippen LogP contribution >= 0.6 is 0 Å². The largest absolute Gasteiger partial charge is 0.393 e. The summed E-state index contributed by atoms with van der Waals surface area (Å²) >= 11 is 0. The van der Waals surface area contributed by atoms with Crippen LogP contribution in [0, 0.1) is 12.8 Å². The zero-order chi connectivity index (χ0) is 13.1. The molecule has 18 heavy (non-hydrogen) atoms. The molecular formula is C14H23N3O. The second kappa shape index (κ2) is 5.67. The van der Waals surface area contributed by atoms with Crippen LogP contribution in [0.15, 0.2) is 12.3 Å². The van der Waals surface area contributed by atoms with Crippen molar-refractivity contribution in [3.63, 3.8) is 0 Å². The maximum atomic E-state index is 9.71. The number of nitrogens with zero attached hydrogens (tertiary/aromatic N) is 2. The van der Waals surface area contributed by atoms with E-state index in [1.165, 1.54) is 5.56 Å². The van der Waals surface area contributed by atoms with Crippen LogP contribution in [-0.2, 0) is 6.54 Å². The van der Waals surface area contributed by atoms with Gasteiger partial charge < -0.3 is 10.8 Å². The third-order valence-corrected chi connectivity index (χ3v) is 3.93. The molecule has 0 saturated carbocycles. The van der Waals surface area contributed by atoms with Gasteiger partial charge in [0, 0.05) is 24.8 Å². The minimum absolute atomic E-state index is 0.222. The van der Waals surface area contributed by atoms with Crippen LogP contribution in [0.1, 0.15) is 30.9 Å². The lowest BCUT2D eigenvalue weighted by molar-refractivity contribution is 0.0599. The van der Waals surface area contributed by atoms with Crippen molar-refractivity contribution in [2.75, 3.05) is 18.8 Å². The molecule has 1 fully saturated rings. The van der Waals surface area contributed by atoms with Gasteiger partial charge in [0.1, 0.15) is 5.82 Å². The van der Waals surface area contributed by atoms with Gasteiger partial charge in [-0.3, -0.25) is 4.90 Å². The van der Waals surface area contributed by atoms with E-state index < -0.39 is 0 Å². The smallest absolute Gasteiger partial charge is 0.128 e. The molecule has 4 nitrogen and oxygen atoms in total. The summed E-state index contributed by atoms with van der Waals surface area (Å²) in [5.74, 6) is 1.02. The highest BCUT2D eigenvalue weighted by Crippen LogP contribution is 2.23. The number of pyridine rings is 1. The van der Waals surface area contributed by atoms with E-state index in [0.29, 0.717) is 11.7 Å². The average molecular weight is 249 g/mol. The second-order valence-corrected chi connectivity index (χ2v) is 5.37. The monoisotopic (exact) mass is 249 g/mol. The van der Waals surface area contributed by atoms with E-state index in [1.54, 1.807) is 6.20 Å². The molecule has 100 valence electrons. The first-order valence-electron chi connectivity index (χ1n) is 6.68. The number of piperidine rings is 1. The van der Waals surface area contributed by atoms with E-state index in [2.05, 4.69) is 16.8 Å². The Morgan fingerprint density at radius 1 is 1.61 bits per heavy atom. The van der Waals surface area contributed by atoms with Gasteiger partial charge in [0.2, 0.25) is 0 Å². The third-order valence-electron chi connectivity index (χ3n) is 3.93. The van der Waals surface area contributed by atoms with E-state index in [4.69, 9.17) is 5.73 Å². The molecule has 1 aliphatic heterocycles. The minimum Gasteiger partial charge on any atom is -0.393 e.